The van der Waals surface area contributed by atoms with E-state index in [4.69, 9.17) is 4.74 Å². The number of hydrogen-bond acceptors (Lipinski definition) is 7. The topological polar surface area (TPSA) is 130 Å². The van der Waals surface area contributed by atoms with E-state index in [0.29, 0.717) is 25.8 Å². The van der Waals surface area contributed by atoms with Gasteiger partial charge in [-0.05, 0) is 55.7 Å². The van der Waals surface area contributed by atoms with Crippen molar-refractivity contribution in [1.29, 1.82) is 0 Å². The van der Waals surface area contributed by atoms with Crippen LogP contribution in [-0.4, -0.2) is 65.5 Å². The summed E-state index contributed by atoms with van der Waals surface area (Å²) >= 11 is 0. The van der Waals surface area contributed by atoms with Gasteiger partial charge in [0.25, 0.3) is 5.91 Å². The van der Waals surface area contributed by atoms with Crippen LogP contribution in [0.1, 0.15) is 58.2 Å². The molecule has 0 saturated carbocycles. The summed E-state index contributed by atoms with van der Waals surface area (Å²) < 4.78 is 4.76. The molecule has 40 heavy (non-hydrogen) atoms. The van der Waals surface area contributed by atoms with Gasteiger partial charge >= 0.3 is 5.97 Å². The lowest BCUT2D eigenvalue weighted by atomic mass is 10.0. The Morgan fingerprint density at radius 2 is 1.88 bits per heavy atom. The van der Waals surface area contributed by atoms with Crippen LogP contribution in [0.15, 0.2) is 42.6 Å². The number of nitrogens with one attached hydrogen (secondary N) is 3. The van der Waals surface area contributed by atoms with Gasteiger partial charge in [-0.25, -0.2) is 5.43 Å². The minimum absolute atomic E-state index is 0.176. The minimum Gasteiger partial charge on any atom is -0.468 e. The van der Waals surface area contributed by atoms with Crippen LogP contribution in [0.25, 0.3) is 11.1 Å². The van der Waals surface area contributed by atoms with Crippen molar-refractivity contribution in [2.24, 2.45) is 5.92 Å². The Kier molecular flexibility index (Phi) is 11.2. The first kappa shape index (κ1) is 30.7. The van der Waals surface area contributed by atoms with E-state index < -0.39 is 30.0 Å². The van der Waals surface area contributed by atoms with Crippen LogP contribution in [-0.2, 0) is 36.8 Å². The van der Waals surface area contributed by atoms with Gasteiger partial charge < -0.3 is 15.4 Å². The molecule has 1 aliphatic rings. The summed E-state index contributed by atoms with van der Waals surface area (Å²) in [6.07, 6.45) is 4.58. The smallest absolute Gasteiger partial charge is 0.324 e. The second-order valence-corrected chi connectivity index (χ2v) is 10.4. The zero-order valence-corrected chi connectivity index (χ0v) is 24.0. The molecule has 3 N–H and O–H groups in total. The predicted molar refractivity (Wildman–Crippen MR) is 152 cm³/mol. The van der Waals surface area contributed by atoms with Gasteiger partial charge in [0.1, 0.15) is 18.1 Å². The molecule has 1 aromatic heterocycles. The Labute approximate surface area is 236 Å². The van der Waals surface area contributed by atoms with Crippen LogP contribution >= 0.6 is 0 Å². The number of carbonyl (C=O) groups is 4. The van der Waals surface area contributed by atoms with Crippen molar-refractivity contribution < 1.29 is 23.9 Å². The fraction of sp³-hybridized carbons (Fsp3) is 0.500. The quantitative estimate of drug-likeness (QED) is 0.366. The van der Waals surface area contributed by atoms with Gasteiger partial charge in [0.2, 0.25) is 11.8 Å². The number of nitrogens with zero attached hydrogens (tertiary/aromatic N) is 2. The van der Waals surface area contributed by atoms with Crippen LogP contribution in [0, 0.1) is 5.92 Å². The van der Waals surface area contributed by atoms with Crippen LogP contribution < -0.4 is 16.1 Å². The van der Waals surface area contributed by atoms with Gasteiger partial charge in [-0.15, -0.1) is 0 Å². The van der Waals surface area contributed by atoms with E-state index in [-0.39, 0.29) is 24.2 Å². The first-order valence-corrected chi connectivity index (χ1v) is 13.9. The van der Waals surface area contributed by atoms with Crippen molar-refractivity contribution in [3.05, 3.63) is 53.9 Å². The molecule has 3 rings (SSSR count). The number of esters is 1. The molecule has 0 bridgehead atoms. The fourth-order valence-corrected chi connectivity index (χ4v) is 4.59. The zero-order valence-electron chi connectivity index (χ0n) is 24.0. The molecule has 2 aromatic rings. The number of amides is 3. The molecule has 3 unspecified atom stereocenters. The number of hydrazine groups is 1. The maximum absolute atomic E-state index is 13.0. The third-order valence-electron chi connectivity index (χ3n) is 7.03. The summed E-state index contributed by atoms with van der Waals surface area (Å²) in [5.41, 5.74) is 7.04. The van der Waals surface area contributed by atoms with Crippen molar-refractivity contribution in [1.82, 2.24) is 26.1 Å². The van der Waals surface area contributed by atoms with Crippen molar-refractivity contribution in [3.63, 3.8) is 0 Å². The lowest BCUT2D eigenvalue weighted by molar-refractivity contribution is -0.150. The molecule has 0 spiro atoms. The SMILES string of the molecule is CCc1cccc(-c2ccc(CCC(=O)NC(C(=O)NC(C)C(=O)N3CCCC(C(=O)OC)N3)C(C)C)nc2)c1. The summed E-state index contributed by atoms with van der Waals surface area (Å²) in [5.74, 6) is -1.72. The summed E-state index contributed by atoms with van der Waals surface area (Å²) in [6.45, 7) is 7.78. The maximum atomic E-state index is 13.0. The largest absolute Gasteiger partial charge is 0.468 e. The Hall–Kier alpha value is -3.79. The van der Waals surface area contributed by atoms with Gasteiger partial charge in [-0.3, -0.25) is 29.2 Å². The molecule has 1 fully saturated rings. The summed E-state index contributed by atoms with van der Waals surface area (Å²) in [7, 11) is 1.30. The van der Waals surface area contributed by atoms with Crippen molar-refractivity contribution >= 4 is 23.7 Å². The molecular formula is C30H41N5O5. The highest BCUT2D eigenvalue weighted by atomic mass is 16.5. The number of hydrogen-bond donors (Lipinski definition) is 3. The molecule has 10 nitrogen and oxygen atoms in total. The zero-order chi connectivity index (χ0) is 29.2. The summed E-state index contributed by atoms with van der Waals surface area (Å²) in [4.78, 5) is 55.1. The van der Waals surface area contributed by atoms with Crippen molar-refractivity contribution in [3.8, 4) is 11.1 Å². The minimum atomic E-state index is -0.852. The van der Waals surface area contributed by atoms with Gasteiger partial charge in [-0.2, -0.15) is 0 Å². The van der Waals surface area contributed by atoms with Gasteiger partial charge in [0.05, 0.1) is 7.11 Å². The first-order valence-electron chi connectivity index (χ1n) is 13.9. The van der Waals surface area contributed by atoms with Gasteiger partial charge in [0, 0.05) is 30.4 Å². The predicted octanol–water partition coefficient (Wildman–Crippen LogP) is 2.56. The maximum Gasteiger partial charge on any atom is 0.324 e. The number of pyridine rings is 1. The molecule has 10 heteroatoms. The number of ether oxygens (including phenoxy) is 1. The Morgan fingerprint density at radius 1 is 1.10 bits per heavy atom. The third-order valence-corrected chi connectivity index (χ3v) is 7.03. The summed E-state index contributed by atoms with van der Waals surface area (Å²) in [6, 6.07) is 10.00. The highest BCUT2D eigenvalue weighted by Crippen LogP contribution is 2.20. The highest BCUT2D eigenvalue weighted by Gasteiger charge is 2.32. The lowest BCUT2D eigenvalue weighted by Crippen LogP contribution is -2.60. The van der Waals surface area contributed by atoms with E-state index in [1.807, 2.05) is 38.2 Å². The average molecular weight is 552 g/mol. The first-order chi connectivity index (χ1) is 19.1. The molecular weight excluding hydrogens is 510 g/mol. The standard InChI is InChI=1S/C30H41N5O5/c1-6-21-9-7-10-22(17-21)23-12-13-24(31-18-23)14-15-26(36)33-27(19(2)3)28(37)32-20(4)29(38)35-16-8-11-25(34-35)30(39)40-5/h7,9-10,12-13,17-20,25,27,34H,6,8,11,14-16H2,1-5H3,(H,32,37)(H,33,36). The fourth-order valence-electron chi connectivity index (χ4n) is 4.59. The molecule has 2 heterocycles. The molecule has 1 aliphatic heterocycles. The number of rotatable bonds is 11. The van der Waals surface area contributed by atoms with E-state index >= 15 is 0 Å². The number of aromatic nitrogens is 1. The second-order valence-electron chi connectivity index (χ2n) is 10.4. The van der Waals surface area contributed by atoms with Crippen LogP contribution in [0.2, 0.25) is 0 Å². The number of methoxy groups -OCH3 is 1. The van der Waals surface area contributed by atoms with Crippen LogP contribution in [0.4, 0.5) is 0 Å². The molecule has 3 atom stereocenters. The molecule has 1 aromatic carbocycles. The van der Waals surface area contributed by atoms with E-state index in [0.717, 1.165) is 23.2 Å². The van der Waals surface area contributed by atoms with E-state index in [9.17, 15) is 19.2 Å². The number of benzene rings is 1. The van der Waals surface area contributed by atoms with E-state index in [1.165, 1.54) is 17.7 Å². The van der Waals surface area contributed by atoms with Crippen LogP contribution in [0.3, 0.4) is 0 Å². The molecule has 0 aliphatic carbocycles. The molecule has 3 amide bonds. The highest BCUT2D eigenvalue weighted by molar-refractivity contribution is 5.92. The van der Waals surface area contributed by atoms with Crippen molar-refractivity contribution in [2.75, 3.05) is 13.7 Å². The number of aryl methyl sites for hydroxylation is 2. The van der Waals surface area contributed by atoms with Gasteiger partial charge in [0.15, 0.2) is 0 Å². The lowest BCUT2D eigenvalue weighted by Gasteiger charge is -2.34. The molecule has 1 saturated heterocycles. The van der Waals surface area contributed by atoms with E-state index in [2.05, 4.69) is 46.2 Å². The van der Waals surface area contributed by atoms with Crippen molar-refractivity contribution in [2.45, 2.75) is 77.9 Å². The summed E-state index contributed by atoms with van der Waals surface area (Å²) in [5, 5.41) is 6.87. The Bertz CT molecular complexity index is 1180. The monoisotopic (exact) mass is 551 g/mol. The third kappa shape index (κ3) is 8.35. The Morgan fingerprint density at radius 3 is 2.52 bits per heavy atom. The molecule has 216 valence electrons. The number of carbonyl (C=O) groups excluding carboxylic acids is 4. The normalized spacial score (nSPS) is 16.6. The van der Waals surface area contributed by atoms with E-state index in [1.54, 1.807) is 6.92 Å². The van der Waals surface area contributed by atoms with Crippen LogP contribution in [0.5, 0.6) is 0 Å². The Balaban J connectivity index is 1.51. The van der Waals surface area contributed by atoms with Gasteiger partial charge in [-0.1, -0.05) is 51.1 Å². The second kappa shape index (κ2) is 14.6. The molecule has 0 radical (unpaired) electrons. The average Bonchev–Trinajstić information content (AvgIpc) is 2.98.